The summed E-state index contributed by atoms with van der Waals surface area (Å²) >= 11 is 0. The lowest BCUT2D eigenvalue weighted by Crippen LogP contribution is -2.48. The number of nitrogens with one attached hydrogen (secondary N) is 1. The fourth-order valence-corrected chi connectivity index (χ4v) is 2.67. The predicted molar refractivity (Wildman–Crippen MR) is 88.5 cm³/mol. The minimum atomic E-state index is -1.08. The zero-order valence-electron chi connectivity index (χ0n) is 13.7. The molecule has 0 spiro atoms. The first-order chi connectivity index (χ1) is 11.5. The molecule has 1 heterocycles. The van der Waals surface area contributed by atoms with Gasteiger partial charge in [0, 0.05) is 12.0 Å². The largest absolute Gasteiger partial charge is 0.493 e. The zero-order valence-corrected chi connectivity index (χ0v) is 13.7. The Balaban J connectivity index is 1.71. The van der Waals surface area contributed by atoms with Gasteiger partial charge in [0.1, 0.15) is 17.3 Å². The Morgan fingerprint density at radius 2 is 1.92 bits per heavy atom. The Bertz CT molecular complexity index is 728. The van der Waals surface area contributed by atoms with Crippen molar-refractivity contribution < 1.29 is 18.7 Å². The number of para-hydroxylation sites is 1. The monoisotopic (exact) mass is 329 g/mol. The maximum Gasteiger partial charge on any atom is 0.264 e. The molecule has 0 saturated carbocycles. The third-order valence-corrected chi connectivity index (χ3v) is 4.00. The van der Waals surface area contributed by atoms with Gasteiger partial charge >= 0.3 is 0 Å². The lowest BCUT2D eigenvalue weighted by atomic mass is 9.99. The predicted octanol–water partition coefficient (Wildman–Crippen LogP) is 3.62. The molecular weight excluding hydrogens is 309 g/mol. The molecule has 1 aliphatic heterocycles. The number of hydrogen-bond acceptors (Lipinski definition) is 3. The van der Waals surface area contributed by atoms with Crippen molar-refractivity contribution in [2.45, 2.75) is 31.9 Å². The third-order valence-electron chi connectivity index (χ3n) is 4.00. The van der Waals surface area contributed by atoms with Crippen molar-refractivity contribution in [1.82, 2.24) is 5.32 Å². The van der Waals surface area contributed by atoms with Gasteiger partial charge in [0.05, 0.1) is 12.6 Å². The van der Waals surface area contributed by atoms with Gasteiger partial charge in [0.2, 0.25) is 0 Å². The van der Waals surface area contributed by atoms with Gasteiger partial charge in [-0.2, -0.15) is 0 Å². The number of rotatable bonds is 4. The molecule has 126 valence electrons. The average Bonchev–Trinajstić information content (AvgIpc) is 2.57. The fraction of sp³-hybridized carbons (Fsp3) is 0.316. The highest BCUT2D eigenvalue weighted by Gasteiger charge is 2.33. The number of benzene rings is 2. The molecule has 5 heteroatoms. The van der Waals surface area contributed by atoms with Crippen LogP contribution in [0.2, 0.25) is 0 Å². The first-order valence-electron chi connectivity index (χ1n) is 7.93. The van der Waals surface area contributed by atoms with Crippen LogP contribution in [-0.2, 0) is 4.79 Å². The van der Waals surface area contributed by atoms with Gasteiger partial charge < -0.3 is 14.8 Å². The highest BCUT2D eigenvalue weighted by atomic mass is 19.1. The molecule has 1 amide bonds. The van der Waals surface area contributed by atoms with Gasteiger partial charge in [0.15, 0.2) is 5.60 Å². The molecule has 2 aromatic carbocycles. The smallest absolute Gasteiger partial charge is 0.264 e. The van der Waals surface area contributed by atoms with Crippen LogP contribution in [0.3, 0.4) is 0 Å². The van der Waals surface area contributed by atoms with E-state index in [9.17, 15) is 9.18 Å². The third kappa shape index (κ3) is 3.50. The molecule has 1 atom stereocenters. The van der Waals surface area contributed by atoms with Crippen molar-refractivity contribution in [1.29, 1.82) is 0 Å². The van der Waals surface area contributed by atoms with Crippen LogP contribution in [0.1, 0.15) is 31.9 Å². The van der Waals surface area contributed by atoms with E-state index in [-0.39, 0.29) is 17.8 Å². The van der Waals surface area contributed by atoms with Crippen molar-refractivity contribution >= 4 is 5.91 Å². The molecule has 3 rings (SSSR count). The van der Waals surface area contributed by atoms with Gasteiger partial charge in [-0.15, -0.1) is 0 Å². The Labute approximate surface area is 140 Å². The number of ether oxygens (including phenoxy) is 2. The second-order valence-electron chi connectivity index (χ2n) is 6.27. The Kier molecular flexibility index (Phi) is 4.42. The quantitative estimate of drug-likeness (QED) is 0.932. The molecule has 0 radical (unpaired) electrons. The summed E-state index contributed by atoms with van der Waals surface area (Å²) < 4.78 is 24.3. The van der Waals surface area contributed by atoms with Crippen molar-refractivity contribution in [3.05, 3.63) is 59.9 Å². The van der Waals surface area contributed by atoms with E-state index in [1.54, 1.807) is 13.8 Å². The second-order valence-corrected chi connectivity index (χ2v) is 6.27. The SMILES string of the molecule is CC(C)(Oc1ccc(F)cc1)C(=O)NC1CCOc2ccccc21. The molecule has 1 aliphatic rings. The number of carbonyl (C=O) groups is 1. The van der Waals surface area contributed by atoms with E-state index in [2.05, 4.69) is 5.32 Å². The molecule has 0 aliphatic carbocycles. The lowest BCUT2D eigenvalue weighted by Gasteiger charge is -2.31. The van der Waals surface area contributed by atoms with Crippen LogP contribution in [-0.4, -0.2) is 18.1 Å². The van der Waals surface area contributed by atoms with Crippen LogP contribution < -0.4 is 14.8 Å². The van der Waals surface area contributed by atoms with Gasteiger partial charge in [0.25, 0.3) is 5.91 Å². The number of halogens is 1. The molecule has 1 unspecified atom stereocenters. The molecule has 0 bridgehead atoms. The Morgan fingerprint density at radius 1 is 1.21 bits per heavy atom. The molecule has 0 fully saturated rings. The minimum Gasteiger partial charge on any atom is -0.493 e. The van der Waals surface area contributed by atoms with E-state index < -0.39 is 5.60 Å². The maximum atomic E-state index is 13.0. The average molecular weight is 329 g/mol. The van der Waals surface area contributed by atoms with Crippen LogP contribution >= 0.6 is 0 Å². The van der Waals surface area contributed by atoms with Crippen molar-refractivity contribution in [3.8, 4) is 11.5 Å². The second kappa shape index (κ2) is 6.51. The van der Waals surface area contributed by atoms with Gasteiger partial charge in [-0.05, 0) is 44.2 Å². The van der Waals surface area contributed by atoms with E-state index >= 15 is 0 Å². The minimum absolute atomic E-state index is 0.112. The molecule has 0 aromatic heterocycles. The number of carbonyl (C=O) groups excluding carboxylic acids is 1. The maximum absolute atomic E-state index is 13.0. The Hall–Kier alpha value is -2.56. The molecule has 0 saturated heterocycles. The molecule has 1 N–H and O–H groups in total. The van der Waals surface area contributed by atoms with Crippen LogP contribution in [0.5, 0.6) is 11.5 Å². The zero-order chi connectivity index (χ0) is 17.2. The summed E-state index contributed by atoms with van der Waals surface area (Å²) in [6.45, 7) is 3.94. The molecule has 2 aromatic rings. The van der Waals surface area contributed by atoms with Crippen molar-refractivity contribution in [2.75, 3.05) is 6.61 Å². The van der Waals surface area contributed by atoms with Gasteiger partial charge in [-0.3, -0.25) is 4.79 Å². The van der Waals surface area contributed by atoms with Gasteiger partial charge in [-0.1, -0.05) is 18.2 Å². The number of fused-ring (bicyclic) bond motifs is 1. The fourth-order valence-electron chi connectivity index (χ4n) is 2.67. The number of hydrogen-bond donors (Lipinski definition) is 1. The van der Waals surface area contributed by atoms with Crippen LogP contribution in [0.25, 0.3) is 0 Å². The molecular formula is C19H20FNO3. The first kappa shape index (κ1) is 16.3. The number of amides is 1. The summed E-state index contributed by atoms with van der Waals surface area (Å²) in [4.78, 5) is 12.7. The van der Waals surface area contributed by atoms with E-state index in [1.807, 2.05) is 24.3 Å². The van der Waals surface area contributed by atoms with E-state index in [0.29, 0.717) is 18.8 Å². The standard InChI is InChI=1S/C19H20FNO3/c1-19(2,24-14-9-7-13(20)8-10-14)18(22)21-16-11-12-23-17-6-4-3-5-15(16)17/h3-10,16H,11-12H2,1-2H3,(H,21,22). The Morgan fingerprint density at radius 3 is 2.67 bits per heavy atom. The highest BCUT2D eigenvalue weighted by Crippen LogP contribution is 2.32. The van der Waals surface area contributed by atoms with Crippen LogP contribution in [0, 0.1) is 5.82 Å². The topological polar surface area (TPSA) is 47.6 Å². The summed E-state index contributed by atoms with van der Waals surface area (Å²) in [6.07, 6.45) is 0.704. The molecule has 4 nitrogen and oxygen atoms in total. The first-order valence-corrected chi connectivity index (χ1v) is 7.93. The van der Waals surface area contributed by atoms with Crippen molar-refractivity contribution in [3.63, 3.8) is 0 Å². The summed E-state index contributed by atoms with van der Waals surface area (Å²) in [5, 5.41) is 3.03. The molecule has 24 heavy (non-hydrogen) atoms. The van der Waals surface area contributed by atoms with Crippen molar-refractivity contribution in [2.24, 2.45) is 0 Å². The lowest BCUT2D eigenvalue weighted by molar-refractivity contribution is -0.135. The summed E-state index contributed by atoms with van der Waals surface area (Å²) in [7, 11) is 0. The van der Waals surface area contributed by atoms with E-state index in [0.717, 1.165) is 11.3 Å². The summed E-state index contributed by atoms with van der Waals surface area (Å²) in [5.74, 6) is 0.673. The van der Waals surface area contributed by atoms with E-state index in [1.165, 1.54) is 24.3 Å². The van der Waals surface area contributed by atoms with Crippen LogP contribution in [0.4, 0.5) is 4.39 Å². The summed E-state index contributed by atoms with van der Waals surface area (Å²) in [6, 6.07) is 13.2. The normalized spacial score (nSPS) is 16.7. The van der Waals surface area contributed by atoms with Gasteiger partial charge in [-0.25, -0.2) is 4.39 Å². The highest BCUT2D eigenvalue weighted by molar-refractivity contribution is 5.85. The van der Waals surface area contributed by atoms with Crippen LogP contribution in [0.15, 0.2) is 48.5 Å². The summed E-state index contributed by atoms with van der Waals surface area (Å²) in [5.41, 5.74) is -0.111. The van der Waals surface area contributed by atoms with E-state index in [4.69, 9.17) is 9.47 Å².